The van der Waals surface area contributed by atoms with Crippen molar-refractivity contribution in [1.29, 1.82) is 0 Å². The summed E-state index contributed by atoms with van der Waals surface area (Å²) in [6, 6.07) is 11.0. The van der Waals surface area contributed by atoms with Gasteiger partial charge in [-0.05, 0) is 61.9 Å². The average Bonchev–Trinajstić information content (AvgIpc) is 2.60. The fourth-order valence-corrected chi connectivity index (χ4v) is 3.87. The number of aliphatic carboxylic acids is 1. The van der Waals surface area contributed by atoms with Crippen LogP contribution in [0.3, 0.4) is 0 Å². The normalized spacial score (nSPS) is 11.2. The molecule has 6 nitrogen and oxygen atoms in total. The van der Waals surface area contributed by atoms with E-state index in [1.165, 1.54) is 12.1 Å². The Labute approximate surface area is 151 Å². The second-order valence-electron chi connectivity index (χ2n) is 5.46. The molecule has 0 unspecified atom stereocenters. The molecule has 26 heavy (non-hydrogen) atoms. The summed E-state index contributed by atoms with van der Waals surface area (Å²) in [7, 11) is -3.96. The second-order valence-corrected chi connectivity index (χ2v) is 7.32. The van der Waals surface area contributed by atoms with E-state index < -0.39 is 21.8 Å². The number of sulfonamides is 1. The summed E-state index contributed by atoms with van der Waals surface area (Å²) in [5, 5.41) is 8.82. The molecule has 0 heterocycles. The smallest absolute Gasteiger partial charge is 0.303 e. The Morgan fingerprint density at radius 2 is 1.73 bits per heavy atom. The number of anilines is 1. The first kappa shape index (κ1) is 19.7. The predicted molar refractivity (Wildman–Crippen MR) is 95.4 cm³/mol. The summed E-state index contributed by atoms with van der Waals surface area (Å²) in [4.78, 5) is 10.7. The molecule has 0 aliphatic carbocycles. The Bertz CT molecular complexity index is 835. The first-order chi connectivity index (χ1) is 12.3. The largest absolute Gasteiger partial charge is 0.494 e. The van der Waals surface area contributed by atoms with E-state index >= 15 is 0 Å². The van der Waals surface area contributed by atoms with Crippen LogP contribution < -0.4 is 9.04 Å². The molecule has 0 saturated carbocycles. The molecule has 0 atom stereocenters. The Morgan fingerprint density at radius 3 is 2.27 bits per heavy atom. The molecule has 0 spiro atoms. The van der Waals surface area contributed by atoms with Crippen LogP contribution in [0.5, 0.6) is 5.75 Å². The molecule has 0 radical (unpaired) electrons. The van der Waals surface area contributed by atoms with E-state index in [0.29, 0.717) is 18.0 Å². The third kappa shape index (κ3) is 4.95. The SMILES string of the molecule is CCOc1ccc(N(CCCC(=O)O)S(=O)(=O)c2ccc(F)cc2)cc1. The van der Waals surface area contributed by atoms with Gasteiger partial charge in [0.25, 0.3) is 10.0 Å². The van der Waals surface area contributed by atoms with Crippen molar-refractivity contribution in [3.8, 4) is 5.75 Å². The van der Waals surface area contributed by atoms with Crippen molar-refractivity contribution in [2.45, 2.75) is 24.7 Å². The molecular weight excluding hydrogens is 361 g/mol. The maximum Gasteiger partial charge on any atom is 0.303 e. The van der Waals surface area contributed by atoms with E-state index in [4.69, 9.17) is 9.84 Å². The molecule has 1 N–H and O–H groups in total. The first-order valence-corrected chi connectivity index (χ1v) is 9.51. The summed E-state index contributed by atoms with van der Waals surface area (Å²) in [6.07, 6.45) is -0.0184. The van der Waals surface area contributed by atoms with Gasteiger partial charge in [0.1, 0.15) is 11.6 Å². The minimum atomic E-state index is -3.96. The highest BCUT2D eigenvalue weighted by molar-refractivity contribution is 7.92. The molecule has 140 valence electrons. The molecule has 2 aromatic carbocycles. The zero-order valence-electron chi connectivity index (χ0n) is 14.3. The van der Waals surface area contributed by atoms with E-state index in [1.807, 2.05) is 6.92 Å². The Hall–Kier alpha value is -2.61. The number of carboxylic acid groups (broad SMARTS) is 1. The topological polar surface area (TPSA) is 83.9 Å². The fourth-order valence-electron chi connectivity index (χ4n) is 2.37. The molecule has 2 aromatic rings. The highest BCUT2D eigenvalue weighted by atomic mass is 32.2. The van der Waals surface area contributed by atoms with Gasteiger partial charge >= 0.3 is 5.97 Å². The van der Waals surface area contributed by atoms with Gasteiger partial charge in [-0.3, -0.25) is 9.10 Å². The van der Waals surface area contributed by atoms with Gasteiger partial charge in [0.2, 0.25) is 0 Å². The van der Waals surface area contributed by atoms with Gasteiger partial charge in [-0.1, -0.05) is 0 Å². The number of rotatable bonds is 9. The number of nitrogens with zero attached hydrogens (tertiary/aromatic N) is 1. The zero-order chi connectivity index (χ0) is 19.2. The summed E-state index contributed by atoms with van der Waals surface area (Å²) < 4.78 is 45.5. The molecule has 0 saturated heterocycles. The number of ether oxygens (including phenoxy) is 1. The number of hydrogen-bond donors (Lipinski definition) is 1. The summed E-state index contributed by atoms with van der Waals surface area (Å²) in [6.45, 7) is 2.31. The van der Waals surface area contributed by atoms with Crippen molar-refractivity contribution in [2.75, 3.05) is 17.5 Å². The molecular formula is C18H20FNO5S. The lowest BCUT2D eigenvalue weighted by molar-refractivity contribution is -0.137. The molecule has 0 aliphatic heterocycles. The van der Waals surface area contributed by atoms with E-state index in [1.54, 1.807) is 24.3 Å². The molecule has 0 aromatic heterocycles. The molecule has 0 bridgehead atoms. The number of benzene rings is 2. The summed E-state index contributed by atoms with van der Waals surface area (Å²) >= 11 is 0. The number of halogens is 1. The molecule has 8 heteroatoms. The Balaban J connectivity index is 2.35. The van der Waals surface area contributed by atoms with Crippen LogP contribution in [-0.2, 0) is 14.8 Å². The van der Waals surface area contributed by atoms with E-state index in [0.717, 1.165) is 16.4 Å². The van der Waals surface area contributed by atoms with Crippen LogP contribution >= 0.6 is 0 Å². The standard InChI is InChI=1S/C18H20FNO5S/c1-2-25-16-9-7-15(8-10-16)20(13-3-4-18(21)22)26(23,24)17-11-5-14(19)6-12-17/h5-12H,2-4,13H2,1H3,(H,21,22). The maximum absolute atomic E-state index is 13.1. The molecule has 0 fully saturated rings. The maximum atomic E-state index is 13.1. The van der Waals surface area contributed by atoms with Crippen molar-refractivity contribution < 1.29 is 27.4 Å². The van der Waals surface area contributed by atoms with Crippen molar-refractivity contribution in [2.24, 2.45) is 0 Å². The van der Waals surface area contributed by atoms with Gasteiger partial charge in [-0.2, -0.15) is 0 Å². The van der Waals surface area contributed by atoms with Crippen molar-refractivity contribution >= 4 is 21.7 Å². The first-order valence-electron chi connectivity index (χ1n) is 8.07. The fraction of sp³-hybridized carbons (Fsp3) is 0.278. The molecule has 0 amide bonds. The van der Waals surface area contributed by atoms with Crippen LogP contribution in [0.25, 0.3) is 0 Å². The monoisotopic (exact) mass is 381 g/mol. The highest BCUT2D eigenvalue weighted by Crippen LogP contribution is 2.26. The predicted octanol–water partition coefficient (Wildman–Crippen LogP) is 3.28. The minimum Gasteiger partial charge on any atom is -0.494 e. The van der Waals surface area contributed by atoms with Crippen LogP contribution in [0.15, 0.2) is 53.4 Å². The van der Waals surface area contributed by atoms with E-state index in [9.17, 15) is 17.6 Å². The third-order valence-electron chi connectivity index (χ3n) is 3.59. The van der Waals surface area contributed by atoms with Gasteiger partial charge in [0.05, 0.1) is 17.2 Å². The lowest BCUT2D eigenvalue weighted by Gasteiger charge is -2.24. The summed E-state index contributed by atoms with van der Waals surface area (Å²) in [5.74, 6) is -0.945. The van der Waals surface area contributed by atoms with Gasteiger partial charge in [0.15, 0.2) is 0 Å². The molecule has 2 rings (SSSR count). The van der Waals surface area contributed by atoms with Gasteiger partial charge < -0.3 is 9.84 Å². The number of carboxylic acids is 1. The van der Waals surface area contributed by atoms with Crippen LogP contribution in [0, 0.1) is 5.82 Å². The number of carbonyl (C=O) groups is 1. The van der Waals surface area contributed by atoms with Gasteiger partial charge in [-0.15, -0.1) is 0 Å². The van der Waals surface area contributed by atoms with Gasteiger partial charge in [-0.25, -0.2) is 12.8 Å². The third-order valence-corrected chi connectivity index (χ3v) is 5.43. The Kier molecular flexibility index (Phi) is 6.57. The number of hydrogen-bond acceptors (Lipinski definition) is 4. The lowest BCUT2D eigenvalue weighted by Crippen LogP contribution is -2.32. The second kappa shape index (κ2) is 8.66. The van der Waals surface area contributed by atoms with Crippen molar-refractivity contribution in [3.63, 3.8) is 0 Å². The highest BCUT2D eigenvalue weighted by Gasteiger charge is 2.25. The van der Waals surface area contributed by atoms with Crippen LogP contribution in [0.4, 0.5) is 10.1 Å². The van der Waals surface area contributed by atoms with Crippen molar-refractivity contribution in [1.82, 2.24) is 0 Å². The van der Waals surface area contributed by atoms with Gasteiger partial charge in [0, 0.05) is 13.0 Å². The zero-order valence-corrected chi connectivity index (χ0v) is 15.1. The van der Waals surface area contributed by atoms with E-state index in [2.05, 4.69) is 0 Å². The van der Waals surface area contributed by atoms with Crippen molar-refractivity contribution in [3.05, 3.63) is 54.3 Å². The van der Waals surface area contributed by atoms with Crippen LogP contribution in [0.1, 0.15) is 19.8 Å². The Morgan fingerprint density at radius 1 is 1.12 bits per heavy atom. The molecule has 0 aliphatic rings. The minimum absolute atomic E-state index is 0.0139. The van der Waals surface area contributed by atoms with Crippen LogP contribution in [0.2, 0.25) is 0 Å². The quantitative estimate of drug-likeness (QED) is 0.721. The average molecular weight is 381 g/mol. The summed E-state index contributed by atoms with van der Waals surface area (Å²) in [5.41, 5.74) is 0.378. The van der Waals surface area contributed by atoms with Crippen LogP contribution in [-0.4, -0.2) is 32.6 Å². The van der Waals surface area contributed by atoms with E-state index in [-0.39, 0.29) is 24.3 Å². The lowest BCUT2D eigenvalue weighted by atomic mass is 10.2.